The van der Waals surface area contributed by atoms with Gasteiger partial charge in [-0.25, -0.2) is 0 Å². The van der Waals surface area contributed by atoms with Gasteiger partial charge >= 0.3 is 0 Å². The summed E-state index contributed by atoms with van der Waals surface area (Å²) in [5.74, 6) is 0.715. The van der Waals surface area contributed by atoms with Crippen LogP contribution in [-0.2, 0) is 6.61 Å². The molecule has 2 aromatic rings. The van der Waals surface area contributed by atoms with Crippen LogP contribution in [0.4, 0.5) is 0 Å². The summed E-state index contributed by atoms with van der Waals surface area (Å²) in [6, 6.07) is 12.0. The molecule has 2 nitrogen and oxygen atoms in total. The van der Waals surface area contributed by atoms with Crippen LogP contribution < -0.4 is 4.74 Å². The molecule has 1 N–H and O–H groups in total. The first-order chi connectivity index (χ1) is 9.47. The Morgan fingerprint density at radius 2 is 1.85 bits per heavy atom. The maximum atomic E-state index is 9.78. The van der Waals surface area contributed by atoms with Crippen molar-refractivity contribution in [2.45, 2.75) is 33.5 Å². The van der Waals surface area contributed by atoms with E-state index in [9.17, 15) is 5.11 Å². The summed E-state index contributed by atoms with van der Waals surface area (Å²) in [6.45, 7) is 6.43. The van der Waals surface area contributed by atoms with Crippen LogP contribution >= 0.6 is 15.9 Å². The van der Waals surface area contributed by atoms with Gasteiger partial charge < -0.3 is 9.84 Å². The van der Waals surface area contributed by atoms with Crippen LogP contribution in [0.3, 0.4) is 0 Å². The SMILES string of the molecule is Cc1ccc(COc2cc(Br)ccc2C(C)O)cc1C. The predicted octanol–water partition coefficient (Wildman–Crippen LogP) is 4.70. The summed E-state index contributed by atoms with van der Waals surface area (Å²) in [7, 11) is 0. The molecule has 0 amide bonds. The highest BCUT2D eigenvalue weighted by atomic mass is 79.9. The second-order valence-electron chi connectivity index (χ2n) is 5.07. The van der Waals surface area contributed by atoms with Gasteiger partial charge in [-0.2, -0.15) is 0 Å². The maximum Gasteiger partial charge on any atom is 0.126 e. The standard InChI is InChI=1S/C17H19BrO2/c1-11-4-5-14(8-12(11)2)10-20-17-9-15(18)6-7-16(17)13(3)19/h4-9,13,19H,10H2,1-3H3. The number of aliphatic hydroxyl groups is 1. The van der Waals surface area contributed by atoms with Crippen LogP contribution in [0.15, 0.2) is 40.9 Å². The van der Waals surface area contributed by atoms with E-state index in [1.54, 1.807) is 6.92 Å². The molecule has 0 aliphatic carbocycles. The molecule has 0 saturated carbocycles. The minimum atomic E-state index is -0.544. The maximum absolute atomic E-state index is 9.78. The molecule has 0 saturated heterocycles. The molecule has 1 atom stereocenters. The summed E-state index contributed by atoms with van der Waals surface area (Å²) >= 11 is 3.43. The summed E-state index contributed by atoms with van der Waals surface area (Å²) in [5.41, 5.74) is 4.47. The van der Waals surface area contributed by atoms with Gasteiger partial charge in [0, 0.05) is 10.0 Å². The van der Waals surface area contributed by atoms with Gasteiger partial charge in [0.05, 0.1) is 6.10 Å². The zero-order valence-corrected chi connectivity index (χ0v) is 13.6. The Morgan fingerprint density at radius 1 is 1.10 bits per heavy atom. The third-order valence-corrected chi connectivity index (χ3v) is 3.88. The average Bonchev–Trinajstić information content (AvgIpc) is 2.40. The zero-order chi connectivity index (χ0) is 14.7. The van der Waals surface area contributed by atoms with Crippen LogP contribution in [0.25, 0.3) is 0 Å². The number of rotatable bonds is 4. The number of aliphatic hydroxyl groups excluding tert-OH is 1. The summed E-state index contributed by atoms with van der Waals surface area (Å²) in [4.78, 5) is 0. The first-order valence-corrected chi connectivity index (χ1v) is 7.43. The fourth-order valence-corrected chi connectivity index (χ4v) is 2.37. The second-order valence-corrected chi connectivity index (χ2v) is 5.98. The Kier molecular flexibility index (Phi) is 4.84. The molecule has 0 aliphatic heterocycles. The van der Waals surface area contributed by atoms with Crippen molar-refractivity contribution in [1.82, 2.24) is 0 Å². The lowest BCUT2D eigenvalue weighted by Crippen LogP contribution is -2.01. The molecule has 20 heavy (non-hydrogen) atoms. The van der Waals surface area contributed by atoms with Crippen molar-refractivity contribution in [1.29, 1.82) is 0 Å². The first kappa shape index (κ1) is 15.1. The molecule has 106 valence electrons. The lowest BCUT2D eigenvalue weighted by Gasteiger charge is -2.14. The van der Waals surface area contributed by atoms with E-state index in [4.69, 9.17) is 4.74 Å². The Labute approximate surface area is 128 Å². The Balaban J connectivity index is 2.17. The van der Waals surface area contributed by atoms with Crippen molar-refractivity contribution in [2.75, 3.05) is 0 Å². The third kappa shape index (κ3) is 3.62. The Hall–Kier alpha value is -1.32. The van der Waals surface area contributed by atoms with E-state index in [0.29, 0.717) is 12.4 Å². The molecule has 2 aromatic carbocycles. The van der Waals surface area contributed by atoms with E-state index in [0.717, 1.165) is 15.6 Å². The van der Waals surface area contributed by atoms with Crippen molar-refractivity contribution >= 4 is 15.9 Å². The van der Waals surface area contributed by atoms with Crippen LogP contribution in [-0.4, -0.2) is 5.11 Å². The number of ether oxygens (including phenoxy) is 1. The lowest BCUT2D eigenvalue weighted by molar-refractivity contribution is 0.190. The fourth-order valence-electron chi connectivity index (χ4n) is 2.03. The van der Waals surface area contributed by atoms with Crippen molar-refractivity contribution < 1.29 is 9.84 Å². The largest absolute Gasteiger partial charge is 0.488 e. The molecular formula is C17H19BrO2. The molecule has 3 heteroatoms. The van der Waals surface area contributed by atoms with Crippen molar-refractivity contribution in [3.63, 3.8) is 0 Å². The van der Waals surface area contributed by atoms with E-state index in [1.165, 1.54) is 11.1 Å². The molecule has 0 aromatic heterocycles. The van der Waals surface area contributed by atoms with Crippen molar-refractivity contribution in [2.24, 2.45) is 0 Å². The van der Waals surface area contributed by atoms with E-state index in [-0.39, 0.29) is 0 Å². The van der Waals surface area contributed by atoms with Gasteiger partial charge in [-0.15, -0.1) is 0 Å². The monoisotopic (exact) mass is 334 g/mol. The predicted molar refractivity (Wildman–Crippen MR) is 85.0 cm³/mol. The van der Waals surface area contributed by atoms with Crippen LogP contribution in [0.1, 0.15) is 35.3 Å². The van der Waals surface area contributed by atoms with Crippen LogP contribution in [0.2, 0.25) is 0 Å². The summed E-state index contributed by atoms with van der Waals surface area (Å²) in [5, 5.41) is 9.78. The summed E-state index contributed by atoms with van der Waals surface area (Å²) in [6.07, 6.45) is -0.544. The molecule has 0 heterocycles. The van der Waals surface area contributed by atoms with Gasteiger partial charge in [0.2, 0.25) is 0 Å². The van der Waals surface area contributed by atoms with E-state index in [1.807, 2.05) is 18.2 Å². The highest BCUT2D eigenvalue weighted by Gasteiger charge is 2.10. The highest BCUT2D eigenvalue weighted by Crippen LogP contribution is 2.29. The molecule has 0 radical (unpaired) electrons. The van der Waals surface area contributed by atoms with E-state index in [2.05, 4.69) is 48.0 Å². The molecule has 0 bridgehead atoms. The first-order valence-electron chi connectivity index (χ1n) is 6.64. The molecule has 2 rings (SSSR count). The number of hydrogen-bond donors (Lipinski definition) is 1. The van der Waals surface area contributed by atoms with Gasteiger partial charge in [0.15, 0.2) is 0 Å². The van der Waals surface area contributed by atoms with Crippen molar-refractivity contribution in [3.8, 4) is 5.75 Å². The quantitative estimate of drug-likeness (QED) is 0.878. The molecule has 0 fully saturated rings. The fraction of sp³-hybridized carbons (Fsp3) is 0.294. The van der Waals surface area contributed by atoms with E-state index < -0.39 is 6.10 Å². The molecule has 1 unspecified atom stereocenters. The minimum absolute atomic E-state index is 0.497. The molecular weight excluding hydrogens is 316 g/mol. The van der Waals surface area contributed by atoms with Crippen LogP contribution in [0.5, 0.6) is 5.75 Å². The van der Waals surface area contributed by atoms with Crippen LogP contribution in [0, 0.1) is 13.8 Å². The second kappa shape index (κ2) is 6.42. The van der Waals surface area contributed by atoms with Crippen molar-refractivity contribution in [3.05, 3.63) is 63.1 Å². The van der Waals surface area contributed by atoms with Gasteiger partial charge in [-0.3, -0.25) is 0 Å². The van der Waals surface area contributed by atoms with Gasteiger partial charge in [-0.1, -0.05) is 40.2 Å². The number of aryl methyl sites for hydroxylation is 2. The Morgan fingerprint density at radius 3 is 2.50 bits per heavy atom. The number of halogens is 1. The van der Waals surface area contributed by atoms with Gasteiger partial charge in [0.1, 0.15) is 12.4 Å². The van der Waals surface area contributed by atoms with E-state index >= 15 is 0 Å². The normalized spacial score (nSPS) is 12.2. The lowest BCUT2D eigenvalue weighted by atomic mass is 10.1. The number of hydrogen-bond acceptors (Lipinski definition) is 2. The Bertz CT molecular complexity index is 606. The summed E-state index contributed by atoms with van der Waals surface area (Å²) < 4.78 is 6.81. The number of benzene rings is 2. The topological polar surface area (TPSA) is 29.5 Å². The zero-order valence-electron chi connectivity index (χ0n) is 12.0. The molecule has 0 aliphatic rings. The average molecular weight is 335 g/mol. The van der Waals surface area contributed by atoms with Gasteiger partial charge in [0.25, 0.3) is 0 Å². The smallest absolute Gasteiger partial charge is 0.126 e. The molecule has 0 spiro atoms. The minimum Gasteiger partial charge on any atom is -0.488 e. The third-order valence-electron chi connectivity index (χ3n) is 3.39. The highest BCUT2D eigenvalue weighted by molar-refractivity contribution is 9.10. The van der Waals surface area contributed by atoms with Gasteiger partial charge in [-0.05, 0) is 49.6 Å².